The molecule has 0 radical (unpaired) electrons. The average Bonchev–Trinajstić information content (AvgIpc) is 3.21. The number of esters is 1. The zero-order chi connectivity index (χ0) is 20.8. The van der Waals surface area contributed by atoms with Crippen molar-refractivity contribution < 1.29 is 19.1 Å². The molecule has 0 atom stereocenters. The van der Waals surface area contributed by atoms with Gasteiger partial charge in [0.25, 0.3) is 11.8 Å². The number of aryl methyl sites for hydroxylation is 2. The largest absolute Gasteiger partial charge is 0.452 e. The molecule has 1 fully saturated rings. The molecular weight excluding hydrogens is 368 g/mol. The van der Waals surface area contributed by atoms with Gasteiger partial charge in [0, 0.05) is 6.04 Å². The van der Waals surface area contributed by atoms with Gasteiger partial charge in [0.2, 0.25) is 0 Å². The number of anilines is 1. The van der Waals surface area contributed by atoms with Crippen LogP contribution in [0.15, 0.2) is 42.5 Å². The van der Waals surface area contributed by atoms with Crippen molar-refractivity contribution in [3.8, 4) is 0 Å². The van der Waals surface area contributed by atoms with Gasteiger partial charge < -0.3 is 15.4 Å². The second kappa shape index (κ2) is 9.37. The minimum atomic E-state index is -0.548. The average molecular weight is 394 g/mol. The maximum absolute atomic E-state index is 12.6. The molecule has 0 heterocycles. The molecule has 0 saturated heterocycles. The molecule has 2 aromatic carbocycles. The summed E-state index contributed by atoms with van der Waals surface area (Å²) in [6.07, 6.45) is 4.20. The normalized spacial score (nSPS) is 13.7. The minimum absolute atomic E-state index is 0.185. The number of carbonyl (C=O) groups is 3. The van der Waals surface area contributed by atoms with Crippen LogP contribution in [0.1, 0.15) is 57.5 Å². The van der Waals surface area contributed by atoms with Crippen LogP contribution in [-0.4, -0.2) is 30.4 Å². The van der Waals surface area contributed by atoms with Gasteiger partial charge in [-0.05, 0) is 50.5 Å². The van der Waals surface area contributed by atoms with Crippen LogP contribution in [0.5, 0.6) is 0 Å². The Morgan fingerprint density at radius 2 is 1.72 bits per heavy atom. The van der Waals surface area contributed by atoms with Crippen molar-refractivity contribution in [1.82, 2.24) is 5.32 Å². The van der Waals surface area contributed by atoms with Crippen LogP contribution >= 0.6 is 0 Å². The summed E-state index contributed by atoms with van der Waals surface area (Å²) in [5.41, 5.74) is 2.96. The summed E-state index contributed by atoms with van der Waals surface area (Å²) in [5.74, 6) is -1.25. The van der Waals surface area contributed by atoms with Gasteiger partial charge in [-0.1, -0.05) is 42.7 Å². The Bertz CT molecular complexity index is 917. The number of rotatable bonds is 6. The predicted molar refractivity (Wildman–Crippen MR) is 111 cm³/mol. The van der Waals surface area contributed by atoms with E-state index in [0.29, 0.717) is 16.8 Å². The van der Waals surface area contributed by atoms with E-state index in [1.807, 2.05) is 26.0 Å². The van der Waals surface area contributed by atoms with Crippen molar-refractivity contribution in [2.75, 3.05) is 11.9 Å². The topological polar surface area (TPSA) is 84.5 Å². The molecule has 2 amide bonds. The van der Waals surface area contributed by atoms with E-state index in [-0.39, 0.29) is 11.9 Å². The summed E-state index contributed by atoms with van der Waals surface area (Å²) < 4.78 is 5.15. The first-order valence-corrected chi connectivity index (χ1v) is 9.88. The van der Waals surface area contributed by atoms with Crippen molar-refractivity contribution in [3.63, 3.8) is 0 Å². The lowest BCUT2D eigenvalue weighted by Crippen LogP contribution is -2.33. The molecule has 0 spiro atoms. The first kappa shape index (κ1) is 20.6. The Morgan fingerprint density at radius 3 is 2.48 bits per heavy atom. The fourth-order valence-corrected chi connectivity index (χ4v) is 3.47. The lowest BCUT2D eigenvalue weighted by atomic mass is 10.1. The number of nitrogens with one attached hydrogen (secondary N) is 2. The van der Waals surface area contributed by atoms with E-state index in [1.165, 1.54) is 0 Å². The predicted octanol–water partition coefficient (Wildman–Crippen LogP) is 3.77. The standard InChI is InChI=1S/C23H26N2O4/c1-15-11-12-16(2)19(13-15)23(28)29-14-21(26)25-20-10-6-5-9-18(20)22(27)24-17-7-3-4-8-17/h5-6,9-13,17H,3-4,7-8,14H2,1-2H3,(H,24,27)(H,25,26). The molecular formula is C23H26N2O4. The number of hydrogen-bond donors (Lipinski definition) is 2. The summed E-state index contributed by atoms with van der Waals surface area (Å²) in [6.45, 7) is 3.27. The van der Waals surface area contributed by atoms with Crippen LogP contribution in [0.4, 0.5) is 5.69 Å². The number of para-hydroxylation sites is 1. The Kier molecular flexibility index (Phi) is 6.65. The van der Waals surface area contributed by atoms with Gasteiger partial charge in [-0.2, -0.15) is 0 Å². The molecule has 0 aromatic heterocycles. The first-order valence-electron chi connectivity index (χ1n) is 9.88. The molecule has 1 aliphatic carbocycles. The first-order chi connectivity index (χ1) is 13.9. The second-order valence-corrected chi connectivity index (χ2v) is 7.44. The van der Waals surface area contributed by atoms with Gasteiger partial charge in [-0.25, -0.2) is 4.79 Å². The highest BCUT2D eigenvalue weighted by molar-refractivity contribution is 6.04. The maximum Gasteiger partial charge on any atom is 0.338 e. The quantitative estimate of drug-likeness (QED) is 0.731. The van der Waals surface area contributed by atoms with Gasteiger partial charge in [-0.15, -0.1) is 0 Å². The molecule has 29 heavy (non-hydrogen) atoms. The molecule has 6 heteroatoms. The van der Waals surface area contributed by atoms with Crippen LogP contribution in [0.2, 0.25) is 0 Å². The van der Waals surface area contributed by atoms with E-state index in [1.54, 1.807) is 30.3 Å². The van der Waals surface area contributed by atoms with E-state index in [2.05, 4.69) is 10.6 Å². The highest BCUT2D eigenvalue weighted by atomic mass is 16.5. The van der Waals surface area contributed by atoms with E-state index in [4.69, 9.17) is 4.74 Å². The summed E-state index contributed by atoms with van der Waals surface area (Å²) in [6, 6.07) is 12.5. The van der Waals surface area contributed by atoms with Gasteiger partial charge in [-0.3, -0.25) is 9.59 Å². The van der Waals surface area contributed by atoms with E-state index in [9.17, 15) is 14.4 Å². The fourth-order valence-electron chi connectivity index (χ4n) is 3.47. The van der Waals surface area contributed by atoms with Gasteiger partial charge in [0.1, 0.15) is 0 Å². The van der Waals surface area contributed by atoms with Crippen LogP contribution in [0.3, 0.4) is 0 Å². The molecule has 0 unspecified atom stereocenters. The van der Waals surface area contributed by atoms with Crippen LogP contribution < -0.4 is 10.6 Å². The monoisotopic (exact) mass is 394 g/mol. The SMILES string of the molecule is Cc1ccc(C)c(C(=O)OCC(=O)Nc2ccccc2C(=O)NC2CCCC2)c1. The Morgan fingerprint density at radius 1 is 1.00 bits per heavy atom. The lowest BCUT2D eigenvalue weighted by Gasteiger charge is -2.15. The fraction of sp³-hybridized carbons (Fsp3) is 0.348. The van der Waals surface area contributed by atoms with Crippen LogP contribution in [0, 0.1) is 13.8 Å². The van der Waals surface area contributed by atoms with Crippen LogP contribution in [-0.2, 0) is 9.53 Å². The molecule has 3 rings (SSSR count). The van der Waals surface area contributed by atoms with E-state index < -0.39 is 18.5 Å². The Labute approximate surface area is 170 Å². The van der Waals surface area contributed by atoms with Gasteiger partial charge >= 0.3 is 5.97 Å². The number of amides is 2. The summed E-state index contributed by atoms with van der Waals surface area (Å²) in [7, 11) is 0. The Hall–Kier alpha value is -3.15. The highest BCUT2D eigenvalue weighted by Gasteiger charge is 2.20. The lowest BCUT2D eigenvalue weighted by molar-refractivity contribution is -0.119. The van der Waals surface area contributed by atoms with E-state index >= 15 is 0 Å². The number of ether oxygens (including phenoxy) is 1. The number of hydrogen-bond acceptors (Lipinski definition) is 4. The van der Waals surface area contributed by atoms with Crippen molar-refractivity contribution in [1.29, 1.82) is 0 Å². The minimum Gasteiger partial charge on any atom is -0.452 e. The third-order valence-corrected chi connectivity index (χ3v) is 5.08. The molecule has 2 aromatic rings. The molecule has 1 aliphatic rings. The van der Waals surface area contributed by atoms with Crippen molar-refractivity contribution >= 4 is 23.5 Å². The molecule has 152 valence electrons. The van der Waals surface area contributed by atoms with Crippen molar-refractivity contribution in [2.24, 2.45) is 0 Å². The molecule has 1 saturated carbocycles. The summed E-state index contributed by atoms with van der Waals surface area (Å²) in [4.78, 5) is 37.2. The third-order valence-electron chi connectivity index (χ3n) is 5.08. The summed E-state index contributed by atoms with van der Waals surface area (Å²) >= 11 is 0. The smallest absolute Gasteiger partial charge is 0.338 e. The van der Waals surface area contributed by atoms with Crippen molar-refractivity contribution in [2.45, 2.75) is 45.6 Å². The zero-order valence-corrected chi connectivity index (χ0v) is 16.8. The maximum atomic E-state index is 12.6. The second-order valence-electron chi connectivity index (χ2n) is 7.44. The molecule has 0 bridgehead atoms. The van der Waals surface area contributed by atoms with Crippen LogP contribution in [0.25, 0.3) is 0 Å². The van der Waals surface area contributed by atoms with Gasteiger partial charge in [0.15, 0.2) is 6.61 Å². The Balaban J connectivity index is 1.60. The molecule has 0 aliphatic heterocycles. The number of carbonyl (C=O) groups excluding carboxylic acids is 3. The van der Waals surface area contributed by atoms with Gasteiger partial charge in [0.05, 0.1) is 16.8 Å². The highest BCUT2D eigenvalue weighted by Crippen LogP contribution is 2.20. The van der Waals surface area contributed by atoms with E-state index in [0.717, 1.165) is 36.8 Å². The van der Waals surface area contributed by atoms with Crippen molar-refractivity contribution in [3.05, 3.63) is 64.7 Å². The molecule has 2 N–H and O–H groups in total. The zero-order valence-electron chi connectivity index (χ0n) is 16.8. The molecule has 6 nitrogen and oxygen atoms in total. The summed E-state index contributed by atoms with van der Waals surface area (Å²) in [5, 5.41) is 5.69. The third kappa shape index (κ3) is 5.44. The number of benzene rings is 2.